The molecule has 0 saturated carbocycles. The molecule has 0 amide bonds. The van der Waals surface area contributed by atoms with E-state index >= 15 is 0 Å². The van der Waals surface area contributed by atoms with Gasteiger partial charge in [-0.05, 0) is 12.5 Å². The van der Waals surface area contributed by atoms with Crippen molar-refractivity contribution in [2.75, 3.05) is 6.61 Å². The Morgan fingerprint density at radius 2 is 2.07 bits per heavy atom. The maximum atomic E-state index is 5.11. The quantitative estimate of drug-likeness (QED) is 0.740. The highest BCUT2D eigenvalue weighted by molar-refractivity contribution is 5.14. The average Bonchev–Trinajstić information content (AvgIpc) is 2.28. The molecule has 0 aliphatic heterocycles. The van der Waals surface area contributed by atoms with Gasteiger partial charge in [-0.3, -0.25) is 0 Å². The third kappa shape index (κ3) is 5.09. The van der Waals surface area contributed by atoms with Crippen molar-refractivity contribution in [3.8, 4) is 12.0 Å². The summed E-state index contributed by atoms with van der Waals surface area (Å²) in [5, 5.41) is 3.37. The first-order valence-corrected chi connectivity index (χ1v) is 5.13. The lowest BCUT2D eigenvalue weighted by Crippen LogP contribution is -2.29. The minimum absolute atomic E-state index is 0.311. The Hall–Kier alpha value is -1.46. The van der Waals surface area contributed by atoms with Gasteiger partial charge in [-0.1, -0.05) is 36.3 Å². The predicted molar refractivity (Wildman–Crippen MR) is 62.1 cm³/mol. The van der Waals surface area contributed by atoms with Crippen molar-refractivity contribution in [3.63, 3.8) is 0 Å². The first-order valence-electron chi connectivity index (χ1n) is 5.13. The molecule has 0 fully saturated rings. The molecule has 1 atom stereocenters. The van der Waals surface area contributed by atoms with Crippen molar-refractivity contribution in [2.24, 2.45) is 0 Å². The van der Waals surface area contributed by atoms with E-state index in [0.29, 0.717) is 12.6 Å². The first-order chi connectivity index (χ1) is 7.33. The zero-order valence-electron chi connectivity index (χ0n) is 9.29. The first kappa shape index (κ1) is 11.6. The van der Waals surface area contributed by atoms with Crippen LogP contribution in [0.1, 0.15) is 19.4 Å². The van der Waals surface area contributed by atoms with Crippen molar-refractivity contribution in [2.45, 2.75) is 26.4 Å². The Kier molecular flexibility index (Phi) is 5.35. The molecule has 80 valence electrons. The normalized spacial score (nSPS) is 11.3. The second-order valence-corrected chi connectivity index (χ2v) is 3.43. The van der Waals surface area contributed by atoms with Crippen molar-refractivity contribution < 1.29 is 4.74 Å². The summed E-state index contributed by atoms with van der Waals surface area (Å²) in [6, 6.07) is 10.6. The molecule has 2 heteroatoms. The molecule has 0 aliphatic carbocycles. The van der Waals surface area contributed by atoms with Crippen LogP contribution in [0, 0.1) is 12.0 Å². The van der Waals surface area contributed by atoms with Crippen molar-refractivity contribution >= 4 is 0 Å². The lowest BCUT2D eigenvalue weighted by atomic mass is 10.2. The summed E-state index contributed by atoms with van der Waals surface area (Å²) >= 11 is 0. The molecule has 0 spiro atoms. The van der Waals surface area contributed by atoms with E-state index in [1.165, 1.54) is 5.56 Å². The summed E-state index contributed by atoms with van der Waals surface area (Å²) in [6.07, 6.45) is 2.59. The second kappa shape index (κ2) is 6.92. The summed E-state index contributed by atoms with van der Waals surface area (Å²) in [7, 11) is 0. The molecule has 0 aromatic heterocycles. The van der Waals surface area contributed by atoms with Gasteiger partial charge in [0.05, 0.1) is 0 Å². The summed E-state index contributed by atoms with van der Waals surface area (Å²) < 4.78 is 5.11. The lowest BCUT2D eigenvalue weighted by Gasteiger charge is -2.11. The highest BCUT2D eigenvalue weighted by Gasteiger charge is 2.00. The molecule has 0 radical (unpaired) electrons. The Labute approximate surface area is 91.6 Å². The van der Waals surface area contributed by atoms with Gasteiger partial charge < -0.3 is 10.1 Å². The van der Waals surface area contributed by atoms with Crippen molar-refractivity contribution in [3.05, 3.63) is 35.9 Å². The van der Waals surface area contributed by atoms with Gasteiger partial charge in [0.25, 0.3) is 0 Å². The minimum Gasteiger partial charge on any atom is -0.445 e. The Morgan fingerprint density at radius 3 is 2.73 bits per heavy atom. The molecule has 0 heterocycles. The van der Waals surface area contributed by atoms with E-state index in [0.717, 1.165) is 6.54 Å². The molecule has 1 aromatic rings. The van der Waals surface area contributed by atoms with Crippen LogP contribution < -0.4 is 5.32 Å². The number of benzene rings is 1. The highest BCUT2D eigenvalue weighted by Crippen LogP contribution is 1.98. The van der Waals surface area contributed by atoms with Crippen LogP contribution in [-0.4, -0.2) is 12.6 Å². The van der Waals surface area contributed by atoms with E-state index in [2.05, 4.69) is 36.4 Å². The molecule has 1 aromatic carbocycles. The van der Waals surface area contributed by atoms with Crippen molar-refractivity contribution in [1.82, 2.24) is 5.32 Å². The van der Waals surface area contributed by atoms with Crippen LogP contribution in [0.25, 0.3) is 0 Å². The SMILES string of the molecule is CC#COCC(C)NCc1ccccc1. The second-order valence-electron chi connectivity index (χ2n) is 3.43. The number of nitrogens with one attached hydrogen (secondary N) is 1. The number of hydrogen-bond donors (Lipinski definition) is 1. The molecule has 1 rings (SSSR count). The van der Waals surface area contributed by atoms with Crippen LogP contribution in [0.2, 0.25) is 0 Å². The zero-order valence-corrected chi connectivity index (χ0v) is 9.29. The maximum Gasteiger partial charge on any atom is 0.115 e. The van der Waals surface area contributed by atoms with Gasteiger partial charge in [-0.15, -0.1) is 0 Å². The number of ether oxygens (including phenoxy) is 1. The van der Waals surface area contributed by atoms with Crippen molar-refractivity contribution in [1.29, 1.82) is 0 Å². The summed E-state index contributed by atoms with van der Waals surface area (Å²) in [5.74, 6) is 2.70. The zero-order chi connectivity index (χ0) is 10.9. The topological polar surface area (TPSA) is 21.3 Å². The fourth-order valence-corrected chi connectivity index (χ4v) is 1.19. The fourth-order valence-electron chi connectivity index (χ4n) is 1.19. The molecular weight excluding hydrogens is 186 g/mol. The Balaban J connectivity index is 2.21. The van der Waals surface area contributed by atoms with Gasteiger partial charge in [-0.25, -0.2) is 0 Å². The predicted octanol–water partition coefficient (Wildman–Crippen LogP) is 2.16. The van der Waals surface area contributed by atoms with E-state index in [1.54, 1.807) is 6.92 Å². The van der Waals surface area contributed by atoms with Crippen LogP contribution >= 0.6 is 0 Å². The largest absolute Gasteiger partial charge is 0.445 e. The van der Waals surface area contributed by atoms with Crippen LogP contribution in [0.15, 0.2) is 30.3 Å². The lowest BCUT2D eigenvalue weighted by molar-refractivity contribution is 0.238. The van der Waals surface area contributed by atoms with Crippen LogP contribution in [0.4, 0.5) is 0 Å². The van der Waals surface area contributed by atoms with Gasteiger partial charge in [0, 0.05) is 19.5 Å². The Bertz CT molecular complexity index is 323. The van der Waals surface area contributed by atoms with E-state index < -0.39 is 0 Å². The number of hydrogen-bond acceptors (Lipinski definition) is 2. The Morgan fingerprint density at radius 1 is 1.33 bits per heavy atom. The highest BCUT2D eigenvalue weighted by atomic mass is 16.5. The average molecular weight is 203 g/mol. The molecule has 0 bridgehead atoms. The van der Waals surface area contributed by atoms with Crippen LogP contribution in [-0.2, 0) is 11.3 Å². The minimum atomic E-state index is 0.311. The monoisotopic (exact) mass is 203 g/mol. The summed E-state index contributed by atoms with van der Waals surface area (Å²) in [6.45, 7) is 5.33. The van der Waals surface area contributed by atoms with Gasteiger partial charge in [0.15, 0.2) is 0 Å². The molecule has 0 aliphatic rings. The van der Waals surface area contributed by atoms with Gasteiger partial charge >= 0.3 is 0 Å². The molecule has 0 saturated heterocycles. The summed E-state index contributed by atoms with van der Waals surface area (Å²) in [5.41, 5.74) is 1.28. The van der Waals surface area contributed by atoms with E-state index in [9.17, 15) is 0 Å². The number of rotatable bonds is 5. The smallest absolute Gasteiger partial charge is 0.115 e. The van der Waals surface area contributed by atoms with E-state index in [4.69, 9.17) is 4.74 Å². The summed E-state index contributed by atoms with van der Waals surface area (Å²) in [4.78, 5) is 0. The van der Waals surface area contributed by atoms with Gasteiger partial charge in [0.1, 0.15) is 12.7 Å². The molecule has 15 heavy (non-hydrogen) atoms. The third-order valence-electron chi connectivity index (χ3n) is 2.01. The van der Waals surface area contributed by atoms with Crippen LogP contribution in [0.3, 0.4) is 0 Å². The van der Waals surface area contributed by atoms with Gasteiger partial charge in [0.2, 0.25) is 0 Å². The molecular formula is C13H17NO. The third-order valence-corrected chi connectivity index (χ3v) is 2.01. The van der Waals surface area contributed by atoms with E-state index in [1.807, 2.05) is 18.2 Å². The van der Waals surface area contributed by atoms with E-state index in [-0.39, 0.29) is 0 Å². The molecule has 2 nitrogen and oxygen atoms in total. The molecule has 1 unspecified atom stereocenters. The van der Waals surface area contributed by atoms with Crippen LogP contribution in [0.5, 0.6) is 0 Å². The fraction of sp³-hybridized carbons (Fsp3) is 0.385. The molecule has 1 N–H and O–H groups in total. The van der Waals surface area contributed by atoms with Gasteiger partial charge in [-0.2, -0.15) is 0 Å². The standard InChI is InChI=1S/C13H17NO/c1-3-9-15-11-12(2)14-10-13-7-5-4-6-8-13/h4-8,12,14H,10-11H2,1-2H3. The maximum absolute atomic E-state index is 5.11.